The zero-order valence-corrected chi connectivity index (χ0v) is 5.76. The van der Waals surface area contributed by atoms with Crippen LogP contribution < -0.4 is 0 Å². The minimum Gasteiger partial charge on any atom is -0.211 e. The molecule has 0 aromatic heterocycles. The van der Waals surface area contributed by atoms with E-state index in [-0.39, 0.29) is 9.65 Å². The highest BCUT2D eigenvalue weighted by Crippen LogP contribution is 2.17. The summed E-state index contributed by atoms with van der Waals surface area (Å²) in [7, 11) is 0. The van der Waals surface area contributed by atoms with Gasteiger partial charge < -0.3 is 0 Å². The molecular weight excluding hydrogens is 172 g/mol. The molecule has 44 valence electrons. The Hall–Kier alpha value is -0.0100. The number of carbonyl (C=O) groups excluding carboxylic acids is 1. The molecule has 0 spiro atoms. The molecule has 0 radical (unpaired) electrons. The molecule has 0 bridgehead atoms. The first-order valence-electron chi connectivity index (χ1n) is 1.47. The fraction of sp³-hybridized carbons (Fsp3) is 0. The van der Waals surface area contributed by atoms with Crippen LogP contribution in [0.1, 0.15) is 0 Å². The SMILES string of the molecule is O=C=NC(Cl)=C(Cl)Cl. The van der Waals surface area contributed by atoms with Gasteiger partial charge in [0.15, 0.2) is 5.16 Å². The molecule has 0 aliphatic heterocycles. The number of halogens is 3. The summed E-state index contributed by atoms with van der Waals surface area (Å²) < 4.78 is -0.241. The van der Waals surface area contributed by atoms with E-state index in [9.17, 15) is 4.79 Å². The summed E-state index contributed by atoms with van der Waals surface area (Å²) in [6, 6.07) is 0. The van der Waals surface area contributed by atoms with E-state index in [1.807, 2.05) is 0 Å². The summed E-state index contributed by atoms with van der Waals surface area (Å²) in [6.07, 6.45) is 1.17. The molecule has 0 saturated carbocycles. The zero-order chi connectivity index (χ0) is 6.57. The average molecular weight is 172 g/mol. The Balaban J connectivity index is 4.22. The van der Waals surface area contributed by atoms with E-state index in [2.05, 4.69) is 4.99 Å². The molecule has 0 aromatic carbocycles. The maximum Gasteiger partial charge on any atom is 0.241 e. The largest absolute Gasteiger partial charge is 0.241 e. The van der Waals surface area contributed by atoms with Gasteiger partial charge in [0, 0.05) is 0 Å². The molecule has 0 amide bonds. The molecule has 0 saturated heterocycles. The predicted molar refractivity (Wildman–Crippen MR) is 32.7 cm³/mol. The quantitative estimate of drug-likeness (QED) is 0.339. The molecule has 0 atom stereocenters. The number of nitrogens with zero attached hydrogens (tertiary/aromatic N) is 1. The zero-order valence-electron chi connectivity index (χ0n) is 3.49. The van der Waals surface area contributed by atoms with Crippen molar-refractivity contribution >= 4 is 40.9 Å². The van der Waals surface area contributed by atoms with E-state index in [1.54, 1.807) is 0 Å². The Kier molecular flexibility index (Phi) is 3.92. The van der Waals surface area contributed by atoms with E-state index < -0.39 is 0 Å². The van der Waals surface area contributed by atoms with Crippen molar-refractivity contribution in [2.75, 3.05) is 0 Å². The first kappa shape index (κ1) is 7.99. The first-order valence-corrected chi connectivity index (χ1v) is 2.60. The predicted octanol–water partition coefficient (Wildman–Crippen LogP) is 2.17. The van der Waals surface area contributed by atoms with Crippen LogP contribution in [0.3, 0.4) is 0 Å². The summed E-state index contributed by atoms with van der Waals surface area (Å²) in [4.78, 5) is 12.3. The van der Waals surface area contributed by atoms with Crippen LogP contribution in [0.25, 0.3) is 0 Å². The van der Waals surface area contributed by atoms with Gasteiger partial charge in [-0.25, -0.2) is 4.79 Å². The van der Waals surface area contributed by atoms with Crippen LogP contribution in [0.15, 0.2) is 14.6 Å². The number of aliphatic imine (C=N–C) groups is 1. The van der Waals surface area contributed by atoms with Crippen LogP contribution in [-0.2, 0) is 4.79 Å². The number of hydrogen-bond donors (Lipinski definition) is 0. The fourth-order valence-electron chi connectivity index (χ4n) is 0.0823. The van der Waals surface area contributed by atoms with Gasteiger partial charge in [-0.2, -0.15) is 4.99 Å². The van der Waals surface area contributed by atoms with Crippen molar-refractivity contribution in [3.63, 3.8) is 0 Å². The van der Waals surface area contributed by atoms with E-state index in [4.69, 9.17) is 34.8 Å². The summed E-state index contributed by atoms with van der Waals surface area (Å²) >= 11 is 15.2. The van der Waals surface area contributed by atoms with Crippen molar-refractivity contribution < 1.29 is 4.79 Å². The summed E-state index contributed by atoms with van der Waals surface area (Å²) in [5, 5.41) is -0.247. The van der Waals surface area contributed by atoms with Crippen molar-refractivity contribution in [3.05, 3.63) is 9.65 Å². The second-order valence-corrected chi connectivity index (χ2v) is 2.06. The van der Waals surface area contributed by atoms with Gasteiger partial charge in [0.2, 0.25) is 6.08 Å². The highest BCUT2D eigenvalue weighted by atomic mass is 35.5. The van der Waals surface area contributed by atoms with Crippen LogP contribution >= 0.6 is 34.8 Å². The second-order valence-electron chi connectivity index (χ2n) is 0.754. The molecule has 2 nitrogen and oxygen atoms in total. The van der Waals surface area contributed by atoms with E-state index >= 15 is 0 Å². The van der Waals surface area contributed by atoms with E-state index in [0.29, 0.717) is 0 Å². The summed E-state index contributed by atoms with van der Waals surface area (Å²) in [5.74, 6) is 0. The molecule has 0 aromatic rings. The topological polar surface area (TPSA) is 29.4 Å². The number of rotatable bonds is 1. The summed E-state index contributed by atoms with van der Waals surface area (Å²) in [6.45, 7) is 0. The lowest BCUT2D eigenvalue weighted by Crippen LogP contribution is -1.61. The Morgan fingerprint density at radius 2 is 1.88 bits per heavy atom. The Labute approximate surface area is 60.7 Å². The second kappa shape index (κ2) is 3.93. The Morgan fingerprint density at radius 3 is 2.00 bits per heavy atom. The lowest BCUT2D eigenvalue weighted by Gasteiger charge is -1.79. The third-order valence-electron chi connectivity index (χ3n) is 0.300. The van der Waals surface area contributed by atoms with Crippen molar-refractivity contribution in [1.29, 1.82) is 0 Å². The van der Waals surface area contributed by atoms with Crippen molar-refractivity contribution in [3.8, 4) is 0 Å². The van der Waals surface area contributed by atoms with Gasteiger partial charge in [-0.3, -0.25) is 0 Å². The van der Waals surface area contributed by atoms with Crippen LogP contribution in [0.4, 0.5) is 0 Å². The molecular formula is C3Cl3NO. The molecule has 0 heterocycles. The highest BCUT2D eigenvalue weighted by Gasteiger charge is 1.92. The molecule has 0 rings (SSSR count). The van der Waals surface area contributed by atoms with Crippen LogP contribution in [0, 0.1) is 0 Å². The minimum absolute atomic E-state index is 0.241. The van der Waals surface area contributed by atoms with Gasteiger partial charge in [0.25, 0.3) is 0 Å². The molecule has 0 unspecified atom stereocenters. The van der Waals surface area contributed by atoms with Gasteiger partial charge in [-0.15, -0.1) is 0 Å². The molecule has 0 fully saturated rings. The van der Waals surface area contributed by atoms with E-state index in [1.165, 1.54) is 6.08 Å². The lowest BCUT2D eigenvalue weighted by molar-refractivity contribution is 0.565. The fourth-order valence-corrected chi connectivity index (χ4v) is 0.201. The van der Waals surface area contributed by atoms with Gasteiger partial charge in [-0.05, 0) is 0 Å². The van der Waals surface area contributed by atoms with Gasteiger partial charge in [-0.1, -0.05) is 34.8 Å². The van der Waals surface area contributed by atoms with Crippen molar-refractivity contribution in [2.45, 2.75) is 0 Å². The van der Waals surface area contributed by atoms with Crippen molar-refractivity contribution in [1.82, 2.24) is 0 Å². The van der Waals surface area contributed by atoms with Crippen LogP contribution in [0.2, 0.25) is 0 Å². The number of hydrogen-bond acceptors (Lipinski definition) is 2. The van der Waals surface area contributed by atoms with Crippen LogP contribution in [-0.4, -0.2) is 6.08 Å². The van der Waals surface area contributed by atoms with E-state index in [0.717, 1.165) is 0 Å². The normalized spacial score (nSPS) is 7.38. The Bertz CT molecular complexity index is 154. The molecule has 0 aliphatic carbocycles. The molecule has 0 aliphatic rings. The smallest absolute Gasteiger partial charge is 0.211 e. The summed E-state index contributed by atoms with van der Waals surface area (Å²) in [5.41, 5.74) is 0. The standard InChI is InChI=1S/C3Cl3NO/c4-2(5)3(6)7-1-8. The van der Waals surface area contributed by atoms with Gasteiger partial charge in [0.05, 0.1) is 0 Å². The monoisotopic (exact) mass is 171 g/mol. The lowest BCUT2D eigenvalue weighted by atomic mass is 11.0. The molecule has 8 heavy (non-hydrogen) atoms. The molecule has 0 N–H and O–H groups in total. The first-order chi connectivity index (χ1) is 3.68. The molecule has 5 heteroatoms. The third-order valence-corrected chi connectivity index (χ3v) is 1.12. The maximum atomic E-state index is 9.39. The van der Waals surface area contributed by atoms with Gasteiger partial charge in [0.1, 0.15) is 4.49 Å². The minimum atomic E-state index is -0.247. The Morgan fingerprint density at radius 1 is 1.38 bits per heavy atom. The highest BCUT2D eigenvalue weighted by molar-refractivity contribution is 6.59. The van der Waals surface area contributed by atoms with Gasteiger partial charge >= 0.3 is 0 Å². The van der Waals surface area contributed by atoms with Crippen LogP contribution in [0.5, 0.6) is 0 Å². The van der Waals surface area contributed by atoms with Crippen molar-refractivity contribution in [2.24, 2.45) is 4.99 Å². The number of isocyanates is 1. The average Bonchev–Trinajstić information content (AvgIpc) is 1.67. The maximum absolute atomic E-state index is 9.39. The third kappa shape index (κ3) is 3.05.